The van der Waals surface area contributed by atoms with Gasteiger partial charge in [-0.05, 0) is 49.3 Å². The summed E-state index contributed by atoms with van der Waals surface area (Å²) < 4.78 is 0. The summed E-state index contributed by atoms with van der Waals surface area (Å²) in [6.45, 7) is 0.517. The highest BCUT2D eigenvalue weighted by atomic mass is 32.1. The Morgan fingerprint density at radius 1 is 1.50 bits per heavy atom. The Balaban J connectivity index is 2.05. The van der Waals surface area contributed by atoms with E-state index in [4.69, 9.17) is 0 Å². The van der Waals surface area contributed by atoms with Gasteiger partial charge in [-0.1, -0.05) is 0 Å². The summed E-state index contributed by atoms with van der Waals surface area (Å²) in [5, 5.41) is 13.2. The number of aliphatic carboxylic acids is 1. The number of hydrogen-bond acceptors (Lipinski definition) is 4. The zero-order valence-electron chi connectivity index (χ0n) is 11.8. The van der Waals surface area contributed by atoms with Crippen molar-refractivity contribution in [2.24, 2.45) is 0 Å². The van der Waals surface area contributed by atoms with Gasteiger partial charge in [0.1, 0.15) is 6.04 Å². The van der Waals surface area contributed by atoms with Crippen LogP contribution in [-0.4, -0.2) is 59.5 Å². The van der Waals surface area contributed by atoms with E-state index in [-0.39, 0.29) is 11.9 Å². The van der Waals surface area contributed by atoms with E-state index in [0.717, 1.165) is 12.0 Å². The molecule has 20 heavy (non-hydrogen) atoms. The predicted octanol–water partition coefficient (Wildman–Crippen LogP) is 1.30. The fraction of sp³-hybridized carbons (Fsp3) is 0.571. The Labute approximate surface area is 122 Å². The normalized spacial score (nSPS) is 23.1. The molecule has 1 fully saturated rings. The van der Waals surface area contributed by atoms with Crippen molar-refractivity contribution >= 4 is 23.2 Å². The topological polar surface area (TPSA) is 60.9 Å². The van der Waals surface area contributed by atoms with Gasteiger partial charge in [0, 0.05) is 12.6 Å². The lowest BCUT2D eigenvalue weighted by Gasteiger charge is -2.39. The molecule has 110 valence electrons. The first kappa shape index (κ1) is 15.0. The van der Waals surface area contributed by atoms with Gasteiger partial charge in [-0.2, -0.15) is 11.3 Å². The number of carbonyl (C=O) groups excluding carboxylic acids is 1. The van der Waals surface area contributed by atoms with Crippen LogP contribution in [-0.2, 0) is 16.0 Å². The van der Waals surface area contributed by atoms with Crippen LogP contribution in [0.4, 0.5) is 0 Å². The maximum atomic E-state index is 12.3. The molecule has 1 N–H and O–H groups in total. The molecule has 0 aromatic carbocycles. The minimum Gasteiger partial charge on any atom is -0.480 e. The van der Waals surface area contributed by atoms with E-state index in [1.807, 2.05) is 35.8 Å². The van der Waals surface area contributed by atoms with Gasteiger partial charge in [0.25, 0.3) is 0 Å². The molecular formula is C14H20N2O3S. The van der Waals surface area contributed by atoms with Crippen molar-refractivity contribution in [1.29, 1.82) is 0 Å². The van der Waals surface area contributed by atoms with Gasteiger partial charge < -0.3 is 14.9 Å². The summed E-state index contributed by atoms with van der Waals surface area (Å²) in [5.74, 6) is -0.997. The third-order valence-corrected chi connectivity index (χ3v) is 4.58. The number of carboxylic acid groups (broad SMARTS) is 1. The number of hydrogen-bond donors (Lipinski definition) is 1. The third-order valence-electron chi connectivity index (χ3n) is 3.85. The average Bonchev–Trinajstić information content (AvgIpc) is 2.90. The molecule has 2 atom stereocenters. The molecule has 1 aromatic rings. The molecular weight excluding hydrogens is 276 g/mol. The lowest BCUT2D eigenvalue weighted by Crippen LogP contribution is -2.54. The van der Waals surface area contributed by atoms with Gasteiger partial charge in [0.2, 0.25) is 5.91 Å². The molecule has 0 radical (unpaired) electrons. The van der Waals surface area contributed by atoms with Crippen LogP contribution in [0, 0.1) is 0 Å². The van der Waals surface area contributed by atoms with E-state index < -0.39 is 12.0 Å². The maximum absolute atomic E-state index is 12.3. The maximum Gasteiger partial charge on any atom is 0.326 e. The first-order chi connectivity index (χ1) is 9.49. The van der Waals surface area contributed by atoms with Crippen molar-refractivity contribution in [3.8, 4) is 0 Å². The number of rotatable bonds is 4. The highest BCUT2D eigenvalue weighted by Crippen LogP contribution is 2.22. The summed E-state index contributed by atoms with van der Waals surface area (Å²) in [6, 6.07) is 1.42. The number of carboxylic acids is 1. The van der Waals surface area contributed by atoms with Crippen LogP contribution in [0.15, 0.2) is 16.8 Å². The van der Waals surface area contributed by atoms with Crippen molar-refractivity contribution in [1.82, 2.24) is 9.80 Å². The van der Waals surface area contributed by atoms with Gasteiger partial charge in [0.05, 0.1) is 6.42 Å². The number of carbonyl (C=O) groups is 2. The summed E-state index contributed by atoms with van der Waals surface area (Å²) in [7, 11) is 3.90. The average molecular weight is 296 g/mol. The summed E-state index contributed by atoms with van der Waals surface area (Å²) in [6.07, 6.45) is 1.61. The lowest BCUT2D eigenvalue weighted by molar-refractivity contribution is -0.153. The summed E-state index contributed by atoms with van der Waals surface area (Å²) in [4.78, 5) is 27.3. The third kappa shape index (κ3) is 3.37. The second kappa shape index (κ2) is 6.37. The molecule has 0 bridgehead atoms. The first-order valence-electron chi connectivity index (χ1n) is 6.69. The Kier molecular flexibility index (Phi) is 4.77. The Morgan fingerprint density at radius 2 is 2.25 bits per heavy atom. The van der Waals surface area contributed by atoms with Gasteiger partial charge >= 0.3 is 5.97 Å². The Hall–Kier alpha value is -1.40. The van der Waals surface area contributed by atoms with E-state index in [0.29, 0.717) is 19.4 Å². The quantitative estimate of drug-likeness (QED) is 0.909. The molecule has 0 unspecified atom stereocenters. The molecule has 1 saturated heterocycles. The fourth-order valence-electron chi connectivity index (χ4n) is 2.62. The van der Waals surface area contributed by atoms with Crippen molar-refractivity contribution in [3.63, 3.8) is 0 Å². The summed E-state index contributed by atoms with van der Waals surface area (Å²) >= 11 is 1.55. The lowest BCUT2D eigenvalue weighted by atomic mass is 9.95. The van der Waals surface area contributed by atoms with Crippen LogP contribution in [0.5, 0.6) is 0 Å². The predicted molar refractivity (Wildman–Crippen MR) is 77.9 cm³/mol. The number of amides is 1. The minimum absolute atomic E-state index is 0.0898. The van der Waals surface area contributed by atoms with Crippen LogP contribution >= 0.6 is 11.3 Å². The smallest absolute Gasteiger partial charge is 0.326 e. The van der Waals surface area contributed by atoms with Crippen LogP contribution in [0.25, 0.3) is 0 Å². The van der Waals surface area contributed by atoms with E-state index >= 15 is 0 Å². The monoisotopic (exact) mass is 296 g/mol. The molecule has 0 aliphatic carbocycles. The second-order valence-electron chi connectivity index (χ2n) is 5.39. The van der Waals surface area contributed by atoms with Gasteiger partial charge in [-0.3, -0.25) is 4.79 Å². The van der Waals surface area contributed by atoms with Crippen LogP contribution in [0.3, 0.4) is 0 Å². The van der Waals surface area contributed by atoms with E-state index in [1.54, 1.807) is 11.3 Å². The largest absolute Gasteiger partial charge is 0.480 e. The van der Waals surface area contributed by atoms with Crippen molar-refractivity contribution in [2.45, 2.75) is 31.3 Å². The van der Waals surface area contributed by atoms with E-state index in [9.17, 15) is 14.7 Å². The molecule has 2 rings (SSSR count). The van der Waals surface area contributed by atoms with Gasteiger partial charge in [0.15, 0.2) is 0 Å². The molecule has 1 aromatic heterocycles. The number of likely N-dealkylation sites (tertiary alicyclic amines) is 1. The molecule has 1 aliphatic rings. The summed E-state index contributed by atoms with van der Waals surface area (Å²) in [5.41, 5.74) is 0.957. The zero-order chi connectivity index (χ0) is 14.7. The molecule has 6 heteroatoms. The molecule has 0 saturated carbocycles. The fourth-order valence-corrected chi connectivity index (χ4v) is 3.29. The highest BCUT2D eigenvalue weighted by Gasteiger charge is 2.36. The molecule has 2 heterocycles. The molecule has 1 aliphatic heterocycles. The van der Waals surface area contributed by atoms with Gasteiger partial charge in [-0.15, -0.1) is 0 Å². The van der Waals surface area contributed by atoms with Crippen molar-refractivity contribution < 1.29 is 14.7 Å². The van der Waals surface area contributed by atoms with Gasteiger partial charge in [-0.25, -0.2) is 4.79 Å². The molecule has 1 amide bonds. The molecule has 0 spiro atoms. The minimum atomic E-state index is -0.907. The van der Waals surface area contributed by atoms with E-state index in [1.165, 1.54) is 4.90 Å². The number of piperidine rings is 1. The van der Waals surface area contributed by atoms with Crippen LogP contribution < -0.4 is 0 Å². The molecule has 5 nitrogen and oxygen atoms in total. The van der Waals surface area contributed by atoms with E-state index in [2.05, 4.69) is 0 Å². The second-order valence-corrected chi connectivity index (χ2v) is 6.17. The Morgan fingerprint density at radius 3 is 2.80 bits per heavy atom. The van der Waals surface area contributed by atoms with Crippen LogP contribution in [0.2, 0.25) is 0 Å². The number of nitrogens with zero attached hydrogens (tertiary/aromatic N) is 2. The Bertz CT molecular complexity index is 473. The standard InChI is InChI=1S/C14H20N2O3S/c1-15(2)11-3-5-16(12(8-11)14(18)19)13(17)7-10-4-6-20-9-10/h4,6,9,11-12H,3,5,7-8H2,1-2H3,(H,18,19)/t11-,12+/m1/s1. The van der Waals surface area contributed by atoms with Crippen molar-refractivity contribution in [3.05, 3.63) is 22.4 Å². The zero-order valence-corrected chi connectivity index (χ0v) is 12.6. The first-order valence-corrected chi connectivity index (χ1v) is 7.63. The van der Waals surface area contributed by atoms with Crippen molar-refractivity contribution in [2.75, 3.05) is 20.6 Å². The SMILES string of the molecule is CN(C)[C@@H]1CCN(C(=O)Cc2ccsc2)[C@H](C(=O)O)C1. The highest BCUT2D eigenvalue weighted by molar-refractivity contribution is 7.07. The number of thiophene rings is 1. The van der Waals surface area contributed by atoms with Crippen LogP contribution in [0.1, 0.15) is 18.4 Å².